The Balaban J connectivity index is 2.21. The van der Waals surface area contributed by atoms with E-state index in [0.29, 0.717) is 5.92 Å². The largest absolute Gasteiger partial charge is 0.497 e. The third kappa shape index (κ3) is 4.39. The van der Waals surface area contributed by atoms with Crippen LogP contribution in [-0.4, -0.2) is 14.2 Å². The first-order chi connectivity index (χ1) is 10.3. The summed E-state index contributed by atoms with van der Waals surface area (Å²) in [6.07, 6.45) is 10.8. The van der Waals surface area contributed by atoms with Gasteiger partial charge in [0.15, 0.2) is 0 Å². The predicted octanol–water partition coefficient (Wildman–Crippen LogP) is 5.56. The van der Waals surface area contributed by atoms with Crippen LogP contribution in [0, 0.1) is 5.92 Å². The zero-order valence-electron chi connectivity index (χ0n) is 13.9. The van der Waals surface area contributed by atoms with Crippen molar-refractivity contribution in [3.05, 3.63) is 23.8 Å². The quantitative estimate of drug-likeness (QED) is 0.584. The summed E-state index contributed by atoms with van der Waals surface area (Å²) in [5.41, 5.74) is 1.41. The van der Waals surface area contributed by atoms with E-state index < -0.39 is 0 Å². The summed E-state index contributed by atoms with van der Waals surface area (Å²) >= 11 is 0. The molecule has 0 N–H and O–H groups in total. The highest BCUT2D eigenvalue weighted by Gasteiger charge is 2.26. The molecule has 1 aromatic carbocycles. The van der Waals surface area contributed by atoms with E-state index in [1.54, 1.807) is 14.2 Å². The van der Waals surface area contributed by atoms with Crippen molar-refractivity contribution in [1.82, 2.24) is 0 Å². The maximum absolute atomic E-state index is 5.46. The van der Waals surface area contributed by atoms with Crippen molar-refractivity contribution in [2.45, 2.75) is 64.2 Å². The minimum atomic E-state index is 0.669. The topological polar surface area (TPSA) is 18.5 Å². The lowest BCUT2D eigenvalue weighted by Crippen LogP contribution is -2.10. The predicted molar refractivity (Wildman–Crippen MR) is 88.4 cm³/mol. The van der Waals surface area contributed by atoms with Crippen LogP contribution in [0.15, 0.2) is 18.2 Å². The van der Waals surface area contributed by atoms with Gasteiger partial charge in [-0.15, -0.1) is 0 Å². The molecule has 2 heteroatoms. The van der Waals surface area contributed by atoms with Crippen molar-refractivity contribution < 1.29 is 9.47 Å². The molecule has 1 saturated carbocycles. The standard InChI is InChI=1S/C19H30O2/c1-4-5-6-11-19(15-9-7-8-10-15)16-12-17(20-2)14-18(13-16)21-3/h12-15,19H,4-11H2,1-3H3. The van der Waals surface area contributed by atoms with Gasteiger partial charge >= 0.3 is 0 Å². The molecule has 1 unspecified atom stereocenters. The molecule has 21 heavy (non-hydrogen) atoms. The molecule has 0 aromatic heterocycles. The van der Waals surface area contributed by atoms with Crippen molar-refractivity contribution in [3.8, 4) is 11.5 Å². The highest BCUT2D eigenvalue weighted by molar-refractivity contribution is 5.40. The van der Waals surface area contributed by atoms with Crippen LogP contribution in [0.25, 0.3) is 0 Å². The summed E-state index contributed by atoms with van der Waals surface area (Å²) in [7, 11) is 3.47. The van der Waals surface area contributed by atoms with Crippen molar-refractivity contribution in [3.63, 3.8) is 0 Å². The maximum Gasteiger partial charge on any atom is 0.122 e. The zero-order chi connectivity index (χ0) is 15.1. The average Bonchev–Trinajstić information content (AvgIpc) is 3.05. The van der Waals surface area contributed by atoms with Gasteiger partial charge in [-0.2, -0.15) is 0 Å². The number of methoxy groups -OCH3 is 2. The molecule has 0 heterocycles. The number of hydrogen-bond donors (Lipinski definition) is 0. The van der Waals surface area contributed by atoms with Crippen LogP contribution in [0.5, 0.6) is 11.5 Å². The fourth-order valence-electron chi connectivity index (χ4n) is 3.69. The third-order valence-corrected chi connectivity index (χ3v) is 4.89. The van der Waals surface area contributed by atoms with Gasteiger partial charge in [0, 0.05) is 6.07 Å². The van der Waals surface area contributed by atoms with Gasteiger partial charge in [-0.1, -0.05) is 39.0 Å². The van der Waals surface area contributed by atoms with Gasteiger partial charge in [-0.25, -0.2) is 0 Å². The monoisotopic (exact) mass is 290 g/mol. The van der Waals surface area contributed by atoms with Gasteiger partial charge in [-0.05, 0) is 48.8 Å². The van der Waals surface area contributed by atoms with Crippen LogP contribution in [-0.2, 0) is 0 Å². The average molecular weight is 290 g/mol. The molecule has 1 atom stereocenters. The zero-order valence-corrected chi connectivity index (χ0v) is 13.9. The van der Waals surface area contributed by atoms with Crippen LogP contribution in [0.3, 0.4) is 0 Å². The molecule has 0 radical (unpaired) electrons. The van der Waals surface area contributed by atoms with E-state index in [1.165, 1.54) is 56.9 Å². The molecule has 0 aliphatic heterocycles. The first kappa shape index (κ1) is 16.2. The minimum absolute atomic E-state index is 0.669. The Morgan fingerprint density at radius 3 is 2.14 bits per heavy atom. The van der Waals surface area contributed by atoms with Crippen LogP contribution < -0.4 is 9.47 Å². The van der Waals surface area contributed by atoms with Crippen molar-refractivity contribution in [2.24, 2.45) is 5.92 Å². The summed E-state index contributed by atoms with van der Waals surface area (Å²) in [4.78, 5) is 0. The summed E-state index contributed by atoms with van der Waals surface area (Å²) in [5.74, 6) is 3.35. The lowest BCUT2D eigenvalue weighted by atomic mass is 9.81. The van der Waals surface area contributed by atoms with E-state index in [4.69, 9.17) is 9.47 Å². The molecule has 1 fully saturated rings. The maximum atomic E-state index is 5.46. The molecular formula is C19H30O2. The molecule has 1 aromatic rings. The SMILES string of the molecule is CCCCCC(c1cc(OC)cc(OC)c1)C1CCCC1. The van der Waals surface area contributed by atoms with E-state index in [2.05, 4.69) is 19.1 Å². The van der Waals surface area contributed by atoms with Gasteiger partial charge in [-0.3, -0.25) is 0 Å². The first-order valence-electron chi connectivity index (χ1n) is 8.51. The second-order valence-corrected chi connectivity index (χ2v) is 6.29. The first-order valence-corrected chi connectivity index (χ1v) is 8.51. The summed E-state index contributed by atoms with van der Waals surface area (Å²) in [6, 6.07) is 6.41. The van der Waals surface area contributed by atoms with Crippen molar-refractivity contribution >= 4 is 0 Å². The van der Waals surface area contributed by atoms with E-state index in [1.807, 2.05) is 6.07 Å². The molecular weight excluding hydrogens is 260 g/mol. The Morgan fingerprint density at radius 1 is 1.00 bits per heavy atom. The molecule has 1 aliphatic rings. The van der Waals surface area contributed by atoms with Crippen LogP contribution in [0.1, 0.15) is 69.8 Å². The Morgan fingerprint density at radius 2 is 1.62 bits per heavy atom. The number of ether oxygens (including phenoxy) is 2. The fourth-order valence-corrected chi connectivity index (χ4v) is 3.69. The van der Waals surface area contributed by atoms with Gasteiger partial charge in [0.05, 0.1) is 14.2 Å². The molecule has 2 nitrogen and oxygen atoms in total. The number of rotatable bonds is 8. The van der Waals surface area contributed by atoms with E-state index in [-0.39, 0.29) is 0 Å². The van der Waals surface area contributed by atoms with Crippen LogP contribution in [0.2, 0.25) is 0 Å². The second kappa shape index (κ2) is 8.31. The molecule has 0 amide bonds. The summed E-state index contributed by atoms with van der Waals surface area (Å²) < 4.78 is 10.9. The van der Waals surface area contributed by atoms with Crippen molar-refractivity contribution in [2.75, 3.05) is 14.2 Å². The number of unbranched alkanes of at least 4 members (excludes halogenated alkanes) is 2. The molecule has 118 valence electrons. The minimum Gasteiger partial charge on any atom is -0.497 e. The lowest BCUT2D eigenvalue weighted by Gasteiger charge is -2.25. The summed E-state index contributed by atoms with van der Waals surface area (Å²) in [5, 5.41) is 0. The molecule has 0 bridgehead atoms. The molecule has 0 spiro atoms. The van der Waals surface area contributed by atoms with Crippen LogP contribution >= 0.6 is 0 Å². The Labute approximate surface area is 129 Å². The second-order valence-electron chi connectivity index (χ2n) is 6.29. The number of benzene rings is 1. The van der Waals surface area contributed by atoms with Gasteiger partial charge in [0.2, 0.25) is 0 Å². The normalized spacial score (nSPS) is 16.9. The lowest BCUT2D eigenvalue weighted by molar-refractivity contribution is 0.378. The fraction of sp³-hybridized carbons (Fsp3) is 0.684. The van der Waals surface area contributed by atoms with Crippen molar-refractivity contribution in [1.29, 1.82) is 0 Å². The Hall–Kier alpha value is -1.18. The summed E-state index contributed by atoms with van der Waals surface area (Å²) in [6.45, 7) is 2.28. The van der Waals surface area contributed by atoms with Gasteiger partial charge in [0.1, 0.15) is 11.5 Å². The van der Waals surface area contributed by atoms with Gasteiger partial charge in [0.25, 0.3) is 0 Å². The number of hydrogen-bond acceptors (Lipinski definition) is 2. The van der Waals surface area contributed by atoms with Gasteiger partial charge < -0.3 is 9.47 Å². The van der Waals surface area contributed by atoms with E-state index in [0.717, 1.165) is 17.4 Å². The molecule has 1 aliphatic carbocycles. The molecule has 0 saturated heterocycles. The van der Waals surface area contributed by atoms with Crippen LogP contribution in [0.4, 0.5) is 0 Å². The third-order valence-electron chi connectivity index (χ3n) is 4.89. The Bertz CT molecular complexity index is 399. The highest BCUT2D eigenvalue weighted by Crippen LogP contribution is 2.42. The smallest absolute Gasteiger partial charge is 0.122 e. The van der Waals surface area contributed by atoms with E-state index in [9.17, 15) is 0 Å². The highest BCUT2D eigenvalue weighted by atomic mass is 16.5. The van der Waals surface area contributed by atoms with E-state index >= 15 is 0 Å². The Kier molecular flexibility index (Phi) is 6.41. The molecule has 2 rings (SSSR count).